The number of thiocarbonyl (C=S) groups is 1. The first kappa shape index (κ1) is 22.5. The minimum atomic E-state index is -0.249. The fourth-order valence-corrected chi connectivity index (χ4v) is 6.22. The third-order valence-electron chi connectivity index (χ3n) is 6.23. The molecule has 0 aliphatic heterocycles. The van der Waals surface area contributed by atoms with E-state index in [1.54, 1.807) is 11.3 Å². The smallest absolute Gasteiger partial charge is 0.341 e. The van der Waals surface area contributed by atoms with Crippen molar-refractivity contribution in [3.63, 3.8) is 0 Å². The molecule has 0 amide bonds. The number of hydrogen-bond acceptors (Lipinski definition) is 4. The molecule has 0 aromatic carbocycles. The molecule has 3 rings (SSSR count). The second-order valence-corrected chi connectivity index (χ2v) is 9.97. The normalized spacial score (nSPS) is 19.3. The van der Waals surface area contributed by atoms with Crippen molar-refractivity contribution in [3.05, 3.63) is 16.0 Å². The van der Waals surface area contributed by atoms with Gasteiger partial charge in [0.2, 0.25) is 0 Å². The van der Waals surface area contributed by atoms with Crippen molar-refractivity contribution in [3.8, 4) is 0 Å². The molecule has 1 aromatic heterocycles. The monoisotopic (exact) mass is 436 g/mol. The van der Waals surface area contributed by atoms with Crippen LogP contribution in [0.4, 0.5) is 5.00 Å². The highest BCUT2D eigenvalue weighted by Crippen LogP contribution is 2.38. The Balaban J connectivity index is 1.62. The number of thiophene rings is 1. The van der Waals surface area contributed by atoms with Crippen molar-refractivity contribution in [2.24, 2.45) is 0 Å². The Morgan fingerprint density at radius 1 is 0.931 bits per heavy atom. The summed E-state index contributed by atoms with van der Waals surface area (Å²) in [5.41, 5.74) is 1.87. The number of rotatable bonds is 3. The molecule has 29 heavy (non-hydrogen) atoms. The van der Waals surface area contributed by atoms with Crippen LogP contribution in [0.25, 0.3) is 0 Å². The van der Waals surface area contributed by atoms with Gasteiger partial charge in [-0.25, -0.2) is 4.79 Å². The van der Waals surface area contributed by atoms with Gasteiger partial charge < -0.3 is 15.4 Å². The zero-order valence-corrected chi connectivity index (χ0v) is 19.4. The minimum Gasteiger partial charge on any atom is -0.465 e. The summed E-state index contributed by atoms with van der Waals surface area (Å²) in [5.74, 6) is -0.249. The number of fused-ring (bicyclic) bond motifs is 1. The lowest BCUT2D eigenvalue weighted by Gasteiger charge is -2.21. The third-order valence-corrected chi connectivity index (χ3v) is 7.66. The van der Waals surface area contributed by atoms with E-state index >= 15 is 0 Å². The molecular formula is C23H36N2O2S2. The van der Waals surface area contributed by atoms with Crippen LogP contribution in [0.5, 0.6) is 0 Å². The maximum atomic E-state index is 12.4. The maximum Gasteiger partial charge on any atom is 0.341 e. The molecule has 2 aliphatic rings. The van der Waals surface area contributed by atoms with E-state index in [4.69, 9.17) is 17.0 Å². The van der Waals surface area contributed by atoms with Gasteiger partial charge in [0.05, 0.1) is 12.7 Å². The number of nitrogens with one attached hydrogen (secondary N) is 2. The topological polar surface area (TPSA) is 50.4 Å². The molecule has 0 atom stereocenters. The van der Waals surface area contributed by atoms with Crippen LogP contribution < -0.4 is 10.6 Å². The fraction of sp³-hybridized carbons (Fsp3) is 0.739. The van der Waals surface area contributed by atoms with E-state index < -0.39 is 0 Å². The van der Waals surface area contributed by atoms with Crippen molar-refractivity contribution < 1.29 is 9.53 Å². The van der Waals surface area contributed by atoms with Gasteiger partial charge in [-0.15, -0.1) is 11.3 Å². The van der Waals surface area contributed by atoms with Crippen LogP contribution in [0.3, 0.4) is 0 Å². The number of esters is 1. The summed E-state index contributed by atoms with van der Waals surface area (Å²) in [7, 11) is 1.46. The predicted molar refractivity (Wildman–Crippen MR) is 126 cm³/mol. The van der Waals surface area contributed by atoms with Gasteiger partial charge in [0.15, 0.2) is 5.11 Å². The summed E-state index contributed by atoms with van der Waals surface area (Å²) in [4.78, 5) is 13.7. The summed E-state index contributed by atoms with van der Waals surface area (Å²) in [6.07, 6.45) is 18.8. The van der Waals surface area contributed by atoms with E-state index in [1.165, 1.54) is 94.6 Å². The molecule has 0 unspecified atom stereocenters. The molecule has 0 bridgehead atoms. The Hall–Kier alpha value is -1.14. The zero-order valence-electron chi connectivity index (χ0n) is 17.8. The highest BCUT2D eigenvalue weighted by molar-refractivity contribution is 7.80. The second kappa shape index (κ2) is 11.9. The number of methoxy groups -OCH3 is 1. The van der Waals surface area contributed by atoms with Crippen LogP contribution in [-0.2, 0) is 17.6 Å². The summed E-state index contributed by atoms with van der Waals surface area (Å²) < 4.78 is 5.08. The Bertz CT molecular complexity index is 675. The van der Waals surface area contributed by atoms with Crippen LogP contribution in [-0.4, -0.2) is 24.2 Å². The standard InChI is InChI=1S/C23H36N2O2S2/c1-27-22(26)20-18-15-11-12-16-19(18)29-21(20)25-23(28)24-17-13-9-7-5-3-2-4-6-8-10-14-17/h17H,2-16H2,1H3,(H2,24,25,28). The number of ether oxygens (including phenoxy) is 1. The van der Waals surface area contributed by atoms with Gasteiger partial charge in [0.1, 0.15) is 5.00 Å². The number of aryl methyl sites for hydroxylation is 1. The van der Waals surface area contributed by atoms with E-state index in [0.29, 0.717) is 16.7 Å². The SMILES string of the molecule is COC(=O)c1c(NC(=S)NC2CCCCCCCCCCC2)sc2c1CCCC2. The molecule has 4 nitrogen and oxygen atoms in total. The number of carbonyl (C=O) groups excluding carboxylic acids is 1. The van der Waals surface area contributed by atoms with Crippen molar-refractivity contribution >= 4 is 39.6 Å². The van der Waals surface area contributed by atoms with Gasteiger partial charge in [0.25, 0.3) is 0 Å². The molecule has 1 fully saturated rings. The Labute approximate surface area is 185 Å². The quantitative estimate of drug-likeness (QED) is 0.426. The third kappa shape index (κ3) is 6.68. The molecular weight excluding hydrogens is 400 g/mol. The molecule has 6 heteroatoms. The molecule has 2 aliphatic carbocycles. The van der Waals surface area contributed by atoms with E-state index in [1.807, 2.05) is 0 Å². The fourth-order valence-electron chi connectivity index (χ4n) is 4.60. The summed E-state index contributed by atoms with van der Waals surface area (Å²) in [6, 6.07) is 0.422. The van der Waals surface area contributed by atoms with Gasteiger partial charge in [-0.2, -0.15) is 0 Å². The van der Waals surface area contributed by atoms with Crippen LogP contribution >= 0.6 is 23.6 Å². The van der Waals surface area contributed by atoms with Crippen molar-refractivity contribution in [2.45, 2.75) is 102 Å². The van der Waals surface area contributed by atoms with Crippen molar-refractivity contribution in [2.75, 3.05) is 12.4 Å². The summed E-state index contributed by atoms with van der Waals surface area (Å²) >= 11 is 7.33. The van der Waals surface area contributed by atoms with Crippen LogP contribution in [0.1, 0.15) is 104 Å². The Morgan fingerprint density at radius 2 is 1.52 bits per heavy atom. The Morgan fingerprint density at radius 3 is 2.14 bits per heavy atom. The van der Waals surface area contributed by atoms with Crippen LogP contribution in [0, 0.1) is 0 Å². The average molecular weight is 437 g/mol. The number of hydrogen-bond donors (Lipinski definition) is 2. The second-order valence-electron chi connectivity index (χ2n) is 8.46. The van der Waals surface area contributed by atoms with Gasteiger partial charge in [0, 0.05) is 10.9 Å². The van der Waals surface area contributed by atoms with E-state index in [2.05, 4.69) is 10.6 Å². The lowest BCUT2D eigenvalue weighted by Crippen LogP contribution is -2.38. The first-order valence-corrected chi connectivity index (χ1v) is 12.7. The molecule has 1 aromatic rings. The molecule has 2 N–H and O–H groups in total. The Kier molecular flexibility index (Phi) is 9.25. The molecule has 162 valence electrons. The van der Waals surface area contributed by atoms with Gasteiger partial charge >= 0.3 is 5.97 Å². The summed E-state index contributed by atoms with van der Waals surface area (Å²) in [5, 5.41) is 8.41. The van der Waals surface area contributed by atoms with Crippen molar-refractivity contribution in [1.29, 1.82) is 0 Å². The first-order chi connectivity index (χ1) is 14.2. The zero-order chi connectivity index (χ0) is 20.5. The number of anilines is 1. The lowest BCUT2D eigenvalue weighted by atomic mass is 9.95. The molecule has 0 spiro atoms. The van der Waals surface area contributed by atoms with Crippen molar-refractivity contribution in [1.82, 2.24) is 5.32 Å². The first-order valence-electron chi connectivity index (χ1n) is 11.5. The molecule has 1 saturated carbocycles. The van der Waals surface area contributed by atoms with Crippen LogP contribution in [0.2, 0.25) is 0 Å². The lowest BCUT2D eigenvalue weighted by molar-refractivity contribution is 0.0601. The van der Waals surface area contributed by atoms with E-state index in [-0.39, 0.29) is 5.97 Å². The highest BCUT2D eigenvalue weighted by atomic mass is 32.1. The van der Waals surface area contributed by atoms with E-state index in [0.717, 1.165) is 24.3 Å². The highest BCUT2D eigenvalue weighted by Gasteiger charge is 2.26. The predicted octanol–water partition coefficient (Wildman–Crippen LogP) is 6.37. The van der Waals surface area contributed by atoms with Gasteiger partial charge in [-0.1, -0.05) is 57.8 Å². The molecule has 0 radical (unpaired) electrons. The van der Waals surface area contributed by atoms with Gasteiger partial charge in [-0.05, 0) is 56.3 Å². The maximum absolute atomic E-state index is 12.4. The van der Waals surface area contributed by atoms with Crippen LogP contribution in [0.15, 0.2) is 0 Å². The van der Waals surface area contributed by atoms with Gasteiger partial charge in [-0.3, -0.25) is 0 Å². The van der Waals surface area contributed by atoms with E-state index in [9.17, 15) is 4.79 Å². The largest absolute Gasteiger partial charge is 0.465 e. The summed E-state index contributed by atoms with van der Waals surface area (Å²) in [6.45, 7) is 0. The molecule has 1 heterocycles. The number of carbonyl (C=O) groups is 1. The average Bonchev–Trinajstić information content (AvgIpc) is 3.07. The minimum absolute atomic E-state index is 0.249. The molecule has 0 saturated heterocycles.